The third-order valence-corrected chi connectivity index (χ3v) is 5.32. The maximum absolute atomic E-state index is 12.3. The molecule has 27 heavy (non-hydrogen) atoms. The van der Waals surface area contributed by atoms with E-state index in [1.54, 1.807) is 30.7 Å². The molecule has 3 rings (SSSR count). The lowest BCUT2D eigenvalue weighted by molar-refractivity contribution is -0.113. The van der Waals surface area contributed by atoms with Gasteiger partial charge in [0.1, 0.15) is 5.00 Å². The van der Waals surface area contributed by atoms with Gasteiger partial charge in [-0.05, 0) is 37.4 Å². The number of ether oxygens (including phenoxy) is 1. The van der Waals surface area contributed by atoms with Gasteiger partial charge in [-0.15, -0.1) is 21.5 Å². The van der Waals surface area contributed by atoms with Crippen LogP contribution in [0, 0.1) is 0 Å². The van der Waals surface area contributed by atoms with E-state index in [-0.39, 0.29) is 18.3 Å². The lowest BCUT2D eigenvalue weighted by Crippen LogP contribution is -2.16. The summed E-state index contributed by atoms with van der Waals surface area (Å²) in [7, 11) is 0. The first kappa shape index (κ1) is 19.2. The quantitative estimate of drug-likeness (QED) is 0.451. The van der Waals surface area contributed by atoms with Crippen molar-refractivity contribution in [1.82, 2.24) is 14.8 Å². The Labute approximate surface area is 163 Å². The number of thioether (sulfide) groups is 1. The summed E-state index contributed by atoms with van der Waals surface area (Å²) in [6.07, 6.45) is 1.58. The lowest BCUT2D eigenvalue weighted by atomic mass is 10.3. The van der Waals surface area contributed by atoms with Gasteiger partial charge in [-0.3, -0.25) is 9.36 Å². The SMILES string of the molecule is CCOC(=O)c1ccsc1NC(=O)CSc1nnc(-c2ccco2)n1CC. The van der Waals surface area contributed by atoms with Gasteiger partial charge in [0.05, 0.1) is 24.2 Å². The highest BCUT2D eigenvalue weighted by molar-refractivity contribution is 7.99. The van der Waals surface area contributed by atoms with Crippen molar-refractivity contribution in [3.05, 3.63) is 35.4 Å². The predicted molar refractivity (Wildman–Crippen MR) is 103 cm³/mol. The fourth-order valence-corrected chi connectivity index (χ4v) is 3.93. The summed E-state index contributed by atoms with van der Waals surface area (Å²) >= 11 is 2.54. The highest BCUT2D eigenvalue weighted by atomic mass is 32.2. The fourth-order valence-electron chi connectivity index (χ4n) is 2.34. The van der Waals surface area contributed by atoms with E-state index in [2.05, 4.69) is 15.5 Å². The van der Waals surface area contributed by atoms with Gasteiger partial charge in [0.15, 0.2) is 16.7 Å². The minimum absolute atomic E-state index is 0.135. The van der Waals surface area contributed by atoms with Gasteiger partial charge in [-0.1, -0.05) is 11.8 Å². The number of amides is 1. The minimum Gasteiger partial charge on any atom is -0.462 e. The highest BCUT2D eigenvalue weighted by Gasteiger charge is 2.18. The molecule has 0 fully saturated rings. The molecule has 0 saturated heterocycles. The molecular weight excluding hydrogens is 388 g/mol. The van der Waals surface area contributed by atoms with Crippen molar-refractivity contribution in [3.63, 3.8) is 0 Å². The van der Waals surface area contributed by atoms with Crippen molar-refractivity contribution >= 4 is 40.0 Å². The number of rotatable bonds is 8. The molecular formula is C17H18N4O4S2. The number of aromatic nitrogens is 3. The van der Waals surface area contributed by atoms with Crippen molar-refractivity contribution < 1.29 is 18.7 Å². The monoisotopic (exact) mass is 406 g/mol. The third kappa shape index (κ3) is 4.40. The normalized spacial score (nSPS) is 10.7. The van der Waals surface area contributed by atoms with Crippen molar-refractivity contribution in [1.29, 1.82) is 0 Å². The Bertz CT molecular complexity index is 917. The number of nitrogens with zero attached hydrogens (tertiary/aromatic N) is 3. The van der Waals surface area contributed by atoms with Crippen LogP contribution in [-0.2, 0) is 16.1 Å². The van der Waals surface area contributed by atoms with E-state index in [0.29, 0.717) is 33.9 Å². The van der Waals surface area contributed by atoms with E-state index < -0.39 is 5.97 Å². The summed E-state index contributed by atoms with van der Waals surface area (Å²) in [5, 5.41) is 13.9. The molecule has 3 aromatic rings. The highest BCUT2D eigenvalue weighted by Crippen LogP contribution is 2.26. The average molecular weight is 406 g/mol. The summed E-state index contributed by atoms with van der Waals surface area (Å²) in [5.41, 5.74) is 0.358. The number of anilines is 1. The van der Waals surface area contributed by atoms with Crippen molar-refractivity contribution in [2.75, 3.05) is 17.7 Å². The Kier molecular flexibility index (Phi) is 6.30. The third-order valence-electron chi connectivity index (χ3n) is 3.52. The molecule has 1 N–H and O–H groups in total. The molecule has 0 aliphatic carbocycles. The Hall–Kier alpha value is -2.59. The zero-order valence-corrected chi connectivity index (χ0v) is 16.4. The van der Waals surface area contributed by atoms with Crippen LogP contribution in [0.2, 0.25) is 0 Å². The molecule has 3 heterocycles. The molecule has 0 aromatic carbocycles. The maximum atomic E-state index is 12.3. The van der Waals surface area contributed by atoms with Crippen LogP contribution in [0.5, 0.6) is 0 Å². The Morgan fingerprint density at radius 3 is 2.89 bits per heavy atom. The summed E-state index contributed by atoms with van der Waals surface area (Å²) in [6.45, 7) is 4.63. The van der Waals surface area contributed by atoms with E-state index in [4.69, 9.17) is 9.15 Å². The van der Waals surface area contributed by atoms with Gasteiger partial charge in [0.2, 0.25) is 5.91 Å². The number of furan rings is 1. The van der Waals surface area contributed by atoms with E-state index in [1.807, 2.05) is 17.6 Å². The summed E-state index contributed by atoms with van der Waals surface area (Å²) in [6, 6.07) is 5.23. The topological polar surface area (TPSA) is 99.2 Å². The van der Waals surface area contributed by atoms with Gasteiger partial charge in [0.25, 0.3) is 0 Å². The standard InChI is InChI=1S/C17H18N4O4S2/c1-3-21-14(12-6-5-8-25-12)19-20-17(21)27-10-13(22)18-15-11(7-9-26-15)16(23)24-4-2/h5-9H,3-4,10H2,1-2H3,(H,18,22). The maximum Gasteiger partial charge on any atom is 0.341 e. The molecule has 0 aliphatic heterocycles. The second-order valence-corrected chi connectivity index (χ2v) is 7.11. The van der Waals surface area contributed by atoms with Crippen LogP contribution in [-0.4, -0.2) is 39.0 Å². The fraction of sp³-hybridized carbons (Fsp3) is 0.294. The van der Waals surface area contributed by atoms with Crippen LogP contribution in [0.1, 0.15) is 24.2 Å². The molecule has 0 unspecified atom stereocenters. The van der Waals surface area contributed by atoms with Gasteiger partial charge in [-0.25, -0.2) is 4.79 Å². The van der Waals surface area contributed by atoms with Crippen molar-refractivity contribution in [3.8, 4) is 11.6 Å². The van der Waals surface area contributed by atoms with Crippen LogP contribution < -0.4 is 5.32 Å². The number of hydrogen-bond donors (Lipinski definition) is 1. The van der Waals surface area contributed by atoms with Gasteiger partial charge in [0, 0.05) is 6.54 Å². The smallest absolute Gasteiger partial charge is 0.341 e. The molecule has 142 valence electrons. The Balaban J connectivity index is 1.64. The minimum atomic E-state index is -0.449. The van der Waals surface area contributed by atoms with E-state index >= 15 is 0 Å². The first-order valence-corrected chi connectivity index (χ1v) is 10.1. The van der Waals surface area contributed by atoms with Gasteiger partial charge in [-0.2, -0.15) is 0 Å². The zero-order valence-electron chi connectivity index (χ0n) is 14.8. The Morgan fingerprint density at radius 1 is 1.33 bits per heavy atom. The number of esters is 1. The van der Waals surface area contributed by atoms with Crippen LogP contribution in [0.3, 0.4) is 0 Å². The number of carbonyl (C=O) groups excluding carboxylic acids is 2. The number of thiophene rings is 1. The Morgan fingerprint density at radius 2 is 2.19 bits per heavy atom. The van der Waals surface area contributed by atoms with Crippen LogP contribution in [0.25, 0.3) is 11.6 Å². The summed E-state index contributed by atoms with van der Waals surface area (Å²) in [5.74, 6) is 0.691. The lowest BCUT2D eigenvalue weighted by Gasteiger charge is -2.07. The summed E-state index contributed by atoms with van der Waals surface area (Å²) < 4.78 is 12.2. The number of nitrogens with one attached hydrogen (secondary N) is 1. The van der Waals surface area contributed by atoms with Crippen LogP contribution in [0.4, 0.5) is 5.00 Å². The van der Waals surface area contributed by atoms with Crippen LogP contribution >= 0.6 is 23.1 Å². The van der Waals surface area contributed by atoms with Gasteiger partial charge >= 0.3 is 5.97 Å². The largest absolute Gasteiger partial charge is 0.462 e. The van der Waals surface area contributed by atoms with Gasteiger partial charge < -0.3 is 14.5 Å². The molecule has 0 aliphatic rings. The molecule has 0 spiro atoms. The van der Waals surface area contributed by atoms with Crippen molar-refractivity contribution in [2.24, 2.45) is 0 Å². The van der Waals surface area contributed by atoms with E-state index in [1.165, 1.54) is 23.1 Å². The van der Waals surface area contributed by atoms with E-state index in [9.17, 15) is 9.59 Å². The molecule has 0 bridgehead atoms. The van der Waals surface area contributed by atoms with E-state index in [0.717, 1.165) is 0 Å². The molecule has 8 nitrogen and oxygen atoms in total. The van der Waals surface area contributed by atoms with Crippen LogP contribution in [0.15, 0.2) is 39.4 Å². The summed E-state index contributed by atoms with van der Waals surface area (Å²) in [4.78, 5) is 24.2. The predicted octanol–water partition coefficient (Wildman–Crippen LogP) is 3.53. The molecule has 0 radical (unpaired) electrons. The molecule has 1 amide bonds. The second-order valence-electron chi connectivity index (χ2n) is 5.25. The molecule has 3 aromatic heterocycles. The molecule has 0 saturated carbocycles. The zero-order chi connectivity index (χ0) is 19.2. The number of hydrogen-bond acceptors (Lipinski definition) is 8. The first-order chi connectivity index (χ1) is 13.1. The molecule has 0 atom stereocenters. The number of carbonyl (C=O) groups is 2. The van der Waals surface area contributed by atoms with Crippen molar-refractivity contribution in [2.45, 2.75) is 25.5 Å². The second kappa shape index (κ2) is 8.87. The first-order valence-electron chi connectivity index (χ1n) is 8.28. The molecule has 10 heteroatoms. The average Bonchev–Trinajstić information content (AvgIpc) is 3.39.